The van der Waals surface area contributed by atoms with Crippen molar-refractivity contribution in [2.75, 3.05) is 13.7 Å². The molecule has 1 aliphatic rings. The molecule has 1 aromatic heterocycles. The molecule has 1 aliphatic heterocycles. The predicted molar refractivity (Wildman–Crippen MR) is 69.7 cm³/mol. The first kappa shape index (κ1) is 11.5. The number of nitrogens with one attached hydrogen (secondary N) is 1. The van der Waals surface area contributed by atoms with Gasteiger partial charge in [0, 0.05) is 6.07 Å². The van der Waals surface area contributed by atoms with Gasteiger partial charge in [0.2, 0.25) is 5.89 Å². The van der Waals surface area contributed by atoms with Crippen LogP contribution in [0, 0.1) is 5.92 Å². The summed E-state index contributed by atoms with van der Waals surface area (Å²) in [5.74, 6) is 2.17. The van der Waals surface area contributed by atoms with Crippen molar-refractivity contribution < 1.29 is 9.15 Å². The van der Waals surface area contributed by atoms with Crippen molar-refractivity contribution in [1.29, 1.82) is 0 Å². The monoisotopic (exact) mass is 246 g/mol. The van der Waals surface area contributed by atoms with Crippen molar-refractivity contribution in [1.82, 2.24) is 10.3 Å². The number of nitrogens with zero attached hydrogens (tertiary/aromatic N) is 1. The predicted octanol–water partition coefficient (Wildman–Crippen LogP) is 2.90. The molecule has 2 atom stereocenters. The van der Waals surface area contributed by atoms with Crippen molar-refractivity contribution in [2.24, 2.45) is 5.92 Å². The summed E-state index contributed by atoms with van der Waals surface area (Å²) in [5.41, 5.74) is 1.69. The number of methoxy groups -OCH3 is 1. The molecule has 0 amide bonds. The first-order valence-corrected chi connectivity index (χ1v) is 6.46. The zero-order valence-electron chi connectivity index (χ0n) is 10.8. The Labute approximate surface area is 106 Å². The highest BCUT2D eigenvalue weighted by atomic mass is 16.5. The molecule has 1 fully saturated rings. The third-order valence-corrected chi connectivity index (χ3v) is 3.65. The van der Waals surface area contributed by atoms with Crippen LogP contribution < -0.4 is 10.1 Å². The topological polar surface area (TPSA) is 47.3 Å². The minimum atomic E-state index is 0.233. The largest absolute Gasteiger partial charge is 0.497 e. The maximum absolute atomic E-state index is 5.85. The van der Waals surface area contributed by atoms with E-state index in [1.54, 1.807) is 7.11 Å². The number of benzene rings is 1. The second-order valence-electron chi connectivity index (χ2n) is 4.94. The maximum Gasteiger partial charge on any atom is 0.212 e. The van der Waals surface area contributed by atoms with Crippen LogP contribution in [-0.4, -0.2) is 18.6 Å². The first-order chi connectivity index (χ1) is 8.78. The van der Waals surface area contributed by atoms with Gasteiger partial charge in [0.15, 0.2) is 5.58 Å². The Kier molecular flexibility index (Phi) is 2.96. The van der Waals surface area contributed by atoms with Crippen LogP contribution in [0.25, 0.3) is 11.1 Å². The van der Waals surface area contributed by atoms with Crippen LogP contribution in [0.1, 0.15) is 31.7 Å². The quantitative estimate of drug-likeness (QED) is 0.885. The molecule has 4 nitrogen and oxygen atoms in total. The van der Waals surface area contributed by atoms with E-state index in [-0.39, 0.29) is 6.04 Å². The van der Waals surface area contributed by atoms with Gasteiger partial charge in [-0.1, -0.05) is 6.92 Å². The Balaban J connectivity index is 1.97. The number of ether oxygens (including phenoxy) is 1. The molecule has 2 aromatic rings. The average Bonchev–Trinajstić information content (AvgIpc) is 2.81. The van der Waals surface area contributed by atoms with Gasteiger partial charge in [-0.05, 0) is 37.4 Å². The lowest BCUT2D eigenvalue weighted by atomic mass is 9.93. The van der Waals surface area contributed by atoms with Crippen LogP contribution in [-0.2, 0) is 0 Å². The molecule has 0 aliphatic carbocycles. The van der Waals surface area contributed by atoms with Gasteiger partial charge in [-0.3, -0.25) is 0 Å². The SMILES string of the molecule is COc1ccc2oc(C3NCCCC3C)nc2c1. The molecule has 1 saturated heterocycles. The molecule has 18 heavy (non-hydrogen) atoms. The summed E-state index contributed by atoms with van der Waals surface area (Å²) in [5, 5.41) is 3.49. The Morgan fingerprint density at radius 3 is 3.11 bits per heavy atom. The number of oxazole rings is 1. The van der Waals surface area contributed by atoms with Gasteiger partial charge < -0.3 is 14.5 Å². The van der Waals surface area contributed by atoms with Crippen LogP contribution >= 0.6 is 0 Å². The summed E-state index contributed by atoms with van der Waals surface area (Å²) < 4.78 is 11.0. The molecule has 0 radical (unpaired) electrons. The van der Waals surface area contributed by atoms with Gasteiger partial charge >= 0.3 is 0 Å². The molecule has 4 heteroatoms. The molecule has 96 valence electrons. The van der Waals surface area contributed by atoms with E-state index in [2.05, 4.69) is 17.2 Å². The van der Waals surface area contributed by atoms with E-state index in [9.17, 15) is 0 Å². The van der Waals surface area contributed by atoms with Crippen LogP contribution in [0.15, 0.2) is 22.6 Å². The fourth-order valence-electron chi connectivity index (χ4n) is 2.57. The van der Waals surface area contributed by atoms with E-state index in [4.69, 9.17) is 9.15 Å². The first-order valence-electron chi connectivity index (χ1n) is 6.46. The van der Waals surface area contributed by atoms with Crippen LogP contribution in [0.2, 0.25) is 0 Å². The molecule has 0 bridgehead atoms. The summed E-state index contributed by atoms with van der Waals surface area (Å²) >= 11 is 0. The van der Waals surface area contributed by atoms with Crippen molar-refractivity contribution in [3.8, 4) is 5.75 Å². The number of rotatable bonds is 2. The van der Waals surface area contributed by atoms with E-state index in [1.807, 2.05) is 18.2 Å². The Hall–Kier alpha value is -1.55. The van der Waals surface area contributed by atoms with Gasteiger partial charge in [-0.25, -0.2) is 4.98 Å². The minimum absolute atomic E-state index is 0.233. The molecule has 0 saturated carbocycles. The molecule has 2 heterocycles. The van der Waals surface area contributed by atoms with E-state index < -0.39 is 0 Å². The van der Waals surface area contributed by atoms with Crippen LogP contribution in [0.5, 0.6) is 5.75 Å². The lowest BCUT2D eigenvalue weighted by molar-refractivity contribution is 0.264. The maximum atomic E-state index is 5.85. The molecule has 2 unspecified atom stereocenters. The van der Waals surface area contributed by atoms with Crippen molar-refractivity contribution >= 4 is 11.1 Å². The van der Waals surface area contributed by atoms with E-state index in [0.29, 0.717) is 5.92 Å². The Morgan fingerprint density at radius 2 is 2.33 bits per heavy atom. The van der Waals surface area contributed by atoms with Gasteiger partial charge in [0.05, 0.1) is 13.2 Å². The number of fused-ring (bicyclic) bond motifs is 1. The van der Waals surface area contributed by atoms with Crippen molar-refractivity contribution in [3.63, 3.8) is 0 Å². The zero-order valence-corrected chi connectivity index (χ0v) is 10.8. The summed E-state index contributed by atoms with van der Waals surface area (Å²) in [6.45, 7) is 3.28. The fraction of sp³-hybridized carbons (Fsp3) is 0.500. The van der Waals surface area contributed by atoms with Crippen LogP contribution in [0.3, 0.4) is 0 Å². The summed E-state index contributed by atoms with van der Waals surface area (Å²) in [6, 6.07) is 5.96. The number of hydrogen-bond acceptors (Lipinski definition) is 4. The molecule has 1 N–H and O–H groups in total. The molecular formula is C14H18N2O2. The number of aromatic nitrogens is 1. The second-order valence-corrected chi connectivity index (χ2v) is 4.94. The molecular weight excluding hydrogens is 228 g/mol. The highest BCUT2D eigenvalue weighted by Crippen LogP contribution is 2.31. The second kappa shape index (κ2) is 4.61. The van der Waals surface area contributed by atoms with Gasteiger partial charge in [0.1, 0.15) is 11.3 Å². The third kappa shape index (κ3) is 1.97. The summed E-state index contributed by atoms with van der Waals surface area (Å²) in [7, 11) is 1.66. The molecule has 3 rings (SSSR count). The van der Waals surface area contributed by atoms with Crippen molar-refractivity contribution in [3.05, 3.63) is 24.1 Å². The summed E-state index contributed by atoms with van der Waals surface area (Å²) in [6.07, 6.45) is 2.45. The third-order valence-electron chi connectivity index (χ3n) is 3.65. The van der Waals surface area contributed by atoms with Gasteiger partial charge in [0.25, 0.3) is 0 Å². The van der Waals surface area contributed by atoms with Crippen LogP contribution in [0.4, 0.5) is 0 Å². The number of hydrogen-bond donors (Lipinski definition) is 1. The molecule has 0 spiro atoms. The standard InChI is InChI=1S/C14H18N2O2/c1-9-4-3-7-15-13(9)14-16-11-8-10(17-2)5-6-12(11)18-14/h5-6,8-9,13,15H,3-4,7H2,1-2H3. The van der Waals surface area contributed by atoms with E-state index in [0.717, 1.165) is 29.3 Å². The Bertz CT molecular complexity index is 550. The van der Waals surface area contributed by atoms with E-state index >= 15 is 0 Å². The lowest BCUT2D eigenvalue weighted by Crippen LogP contribution is -2.32. The van der Waals surface area contributed by atoms with Gasteiger partial charge in [-0.2, -0.15) is 0 Å². The Morgan fingerprint density at radius 1 is 1.44 bits per heavy atom. The highest BCUT2D eigenvalue weighted by Gasteiger charge is 2.26. The normalized spacial score (nSPS) is 24.3. The summed E-state index contributed by atoms with van der Waals surface area (Å²) in [4.78, 5) is 4.59. The van der Waals surface area contributed by atoms with E-state index in [1.165, 1.54) is 12.8 Å². The molecule has 1 aromatic carbocycles. The lowest BCUT2D eigenvalue weighted by Gasteiger charge is -2.27. The van der Waals surface area contributed by atoms with Gasteiger partial charge in [-0.15, -0.1) is 0 Å². The average molecular weight is 246 g/mol. The number of piperidine rings is 1. The smallest absolute Gasteiger partial charge is 0.212 e. The minimum Gasteiger partial charge on any atom is -0.497 e. The van der Waals surface area contributed by atoms with Crippen molar-refractivity contribution in [2.45, 2.75) is 25.8 Å². The zero-order chi connectivity index (χ0) is 12.5. The fourth-order valence-corrected chi connectivity index (χ4v) is 2.57. The highest BCUT2D eigenvalue weighted by molar-refractivity contribution is 5.74.